The largest absolute Gasteiger partial charge is 0.455 e. The van der Waals surface area contributed by atoms with Gasteiger partial charge in [0.15, 0.2) is 0 Å². The summed E-state index contributed by atoms with van der Waals surface area (Å²) in [7, 11) is 0. The third-order valence-corrected chi connectivity index (χ3v) is 8.24. The minimum atomic E-state index is 0.872. The summed E-state index contributed by atoms with van der Waals surface area (Å²) in [5.74, 6) is 0.872. The van der Waals surface area contributed by atoms with E-state index in [1.54, 1.807) is 0 Å². The molecule has 2 heteroatoms. The van der Waals surface area contributed by atoms with E-state index < -0.39 is 0 Å². The second-order valence-electron chi connectivity index (χ2n) is 11.0. The van der Waals surface area contributed by atoms with Crippen molar-refractivity contribution in [2.45, 2.75) is 0 Å². The van der Waals surface area contributed by atoms with Crippen LogP contribution in [0.3, 0.4) is 0 Å². The SMILES string of the molecule is c1ccc(-c2c(-c3cccc(N(c4ccccc4)c4cccc(-c5cccc6ccccc56)c4)c3)oc3ccccc23)cc1. The van der Waals surface area contributed by atoms with E-state index in [1.165, 1.54) is 21.9 Å². The van der Waals surface area contributed by atoms with Crippen LogP contribution in [0.4, 0.5) is 17.1 Å². The number of hydrogen-bond donors (Lipinski definition) is 0. The van der Waals surface area contributed by atoms with Crippen LogP contribution in [0.25, 0.3) is 55.3 Å². The van der Waals surface area contributed by atoms with E-state index in [0.717, 1.165) is 50.5 Å². The Morgan fingerprint density at radius 3 is 1.73 bits per heavy atom. The predicted molar refractivity (Wildman–Crippen MR) is 185 cm³/mol. The maximum absolute atomic E-state index is 6.59. The van der Waals surface area contributed by atoms with Gasteiger partial charge in [0, 0.05) is 33.6 Å². The highest BCUT2D eigenvalue weighted by Crippen LogP contribution is 2.43. The van der Waals surface area contributed by atoms with Gasteiger partial charge in [0.2, 0.25) is 0 Å². The van der Waals surface area contributed by atoms with Crippen molar-refractivity contribution in [2.75, 3.05) is 4.90 Å². The molecule has 0 N–H and O–H groups in total. The number of furan rings is 1. The fourth-order valence-corrected chi connectivity index (χ4v) is 6.24. The third kappa shape index (κ3) is 4.63. The van der Waals surface area contributed by atoms with Crippen LogP contribution in [0.1, 0.15) is 0 Å². The van der Waals surface area contributed by atoms with Gasteiger partial charge >= 0.3 is 0 Å². The van der Waals surface area contributed by atoms with Crippen molar-refractivity contribution in [3.63, 3.8) is 0 Å². The smallest absolute Gasteiger partial charge is 0.143 e. The summed E-state index contributed by atoms with van der Waals surface area (Å²) in [5, 5.41) is 3.60. The fourth-order valence-electron chi connectivity index (χ4n) is 6.24. The van der Waals surface area contributed by atoms with Gasteiger partial charge < -0.3 is 9.32 Å². The summed E-state index contributed by atoms with van der Waals surface area (Å²) >= 11 is 0. The van der Waals surface area contributed by atoms with E-state index in [4.69, 9.17) is 4.42 Å². The van der Waals surface area contributed by atoms with Gasteiger partial charge in [-0.3, -0.25) is 0 Å². The molecule has 0 aliphatic rings. The molecule has 0 saturated carbocycles. The van der Waals surface area contributed by atoms with Crippen molar-refractivity contribution in [3.8, 4) is 33.6 Å². The van der Waals surface area contributed by atoms with Gasteiger partial charge in [-0.05, 0) is 69.9 Å². The average molecular weight is 564 g/mol. The van der Waals surface area contributed by atoms with E-state index in [-0.39, 0.29) is 0 Å². The zero-order valence-electron chi connectivity index (χ0n) is 24.1. The number of fused-ring (bicyclic) bond motifs is 2. The maximum atomic E-state index is 6.59. The van der Waals surface area contributed by atoms with Gasteiger partial charge in [-0.15, -0.1) is 0 Å². The van der Waals surface area contributed by atoms with E-state index in [0.29, 0.717) is 0 Å². The average Bonchev–Trinajstić information content (AvgIpc) is 3.49. The van der Waals surface area contributed by atoms with Gasteiger partial charge in [0.05, 0.1) is 0 Å². The lowest BCUT2D eigenvalue weighted by atomic mass is 9.97. The molecular weight excluding hydrogens is 534 g/mol. The molecule has 0 unspecified atom stereocenters. The number of benzene rings is 7. The molecule has 0 saturated heterocycles. The first-order valence-electron chi connectivity index (χ1n) is 14.9. The topological polar surface area (TPSA) is 16.4 Å². The molecule has 1 heterocycles. The number of nitrogens with zero attached hydrogens (tertiary/aromatic N) is 1. The molecule has 0 aliphatic heterocycles. The van der Waals surface area contributed by atoms with Crippen LogP contribution < -0.4 is 4.90 Å². The molecule has 0 bridgehead atoms. The molecule has 8 rings (SSSR count). The molecule has 0 radical (unpaired) electrons. The number of hydrogen-bond acceptors (Lipinski definition) is 2. The summed E-state index contributed by atoms with van der Waals surface area (Å²) in [4.78, 5) is 2.32. The molecule has 8 aromatic rings. The molecule has 208 valence electrons. The third-order valence-electron chi connectivity index (χ3n) is 8.24. The zero-order chi connectivity index (χ0) is 29.3. The number of para-hydroxylation sites is 2. The molecule has 0 aliphatic carbocycles. The van der Waals surface area contributed by atoms with Crippen LogP contribution >= 0.6 is 0 Å². The van der Waals surface area contributed by atoms with Crippen molar-refractivity contribution in [1.82, 2.24) is 0 Å². The van der Waals surface area contributed by atoms with Gasteiger partial charge in [-0.1, -0.05) is 133 Å². The molecule has 1 aromatic heterocycles. The highest BCUT2D eigenvalue weighted by Gasteiger charge is 2.20. The first-order chi connectivity index (χ1) is 21.8. The first-order valence-corrected chi connectivity index (χ1v) is 14.9. The summed E-state index contributed by atoms with van der Waals surface area (Å²) in [6, 6.07) is 62.0. The Morgan fingerprint density at radius 1 is 0.386 bits per heavy atom. The van der Waals surface area contributed by atoms with Crippen LogP contribution in [0.15, 0.2) is 180 Å². The Labute approximate surface area is 257 Å². The van der Waals surface area contributed by atoms with Crippen LogP contribution in [0.2, 0.25) is 0 Å². The Bertz CT molecular complexity index is 2230. The van der Waals surface area contributed by atoms with Crippen LogP contribution in [0, 0.1) is 0 Å². The number of anilines is 3. The lowest BCUT2D eigenvalue weighted by Gasteiger charge is -2.26. The van der Waals surface area contributed by atoms with E-state index >= 15 is 0 Å². The van der Waals surface area contributed by atoms with Gasteiger partial charge in [-0.25, -0.2) is 0 Å². The molecule has 0 spiro atoms. The number of rotatable bonds is 6. The van der Waals surface area contributed by atoms with Crippen molar-refractivity contribution in [1.29, 1.82) is 0 Å². The van der Waals surface area contributed by atoms with Gasteiger partial charge in [0.25, 0.3) is 0 Å². The molecule has 0 atom stereocenters. The monoisotopic (exact) mass is 563 g/mol. The standard InChI is InChI=1S/C42H29NO/c1-3-15-31(16-4-1)41-39-25-9-10-27-40(39)44-42(41)33-19-12-23-36(29-33)43(34-20-5-2-6-21-34)35-22-11-18-32(28-35)38-26-13-17-30-14-7-8-24-37(30)38/h1-29H. The second kappa shape index (κ2) is 11.1. The fraction of sp³-hybridized carbons (Fsp3) is 0. The van der Waals surface area contributed by atoms with E-state index in [2.05, 4.69) is 169 Å². The highest BCUT2D eigenvalue weighted by atomic mass is 16.3. The van der Waals surface area contributed by atoms with E-state index in [9.17, 15) is 0 Å². The Morgan fingerprint density at radius 2 is 0.932 bits per heavy atom. The summed E-state index contributed by atoms with van der Waals surface area (Å²) in [6.07, 6.45) is 0. The molecule has 2 nitrogen and oxygen atoms in total. The lowest BCUT2D eigenvalue weighted by molar-refractivity contribution is 0.632. The predicted octanol–water partition coefficient (Wildman–Crippen LogP) is 12.1. The highest BCUT2D eigenvalue weighted by molar-refractivity contribution is 6.02. The molecule has 44 heavy (non-hydrogen) atoms. The van der Waals surface area contributed by atoms with Gasteiger partial charge in [-0.2, -0.15) is 0 Å². The van der Waals surface area contributed by atoms with Crippen molar-refractivity contribution < 1.29 is 4.42 Å². The minimum absolute atomic E-state index is 0.872. The maximum Gasteiger partial charge on any atom is 0.143 e. The van der Waals surface area contributed by atoms with Crippen LogP contribution in [-0.2, 0) is 0 Å². The summed E-state index contributed by atoms with van der Waals surface area (Å²) < 4.78 is 6.59. The second-order valence-corrected chi connectivity index (χ2v) is 11.0. The molecular formula is C42H29NO. The van der Waals surface area contributed by atoms with Crippen molar-refractivity contribution in [2.24, 2.45) is 0 Å². The van der Waals surface area contributed by atoms with E-state index in [1.807, 2.05) is 12.1 Å². The van der Waals surface area contributed by atoms with Crippen LogP contribution in [0.5, 0.6) is 0 Å². The van der Waals surface area contributed by atoms with Crippen molar-refractivity contribution >= 4 is 38.8 Å². The Hall–Kier alpha value is -5.86. The molecule has 0 amide bonds. The Balaban J connectivity index is 1.29. The molecule has 0 fully saturated rings. The minimum Gasteiger partial charge on any atom is -0.455 e. The molecule has 7 aromatic carbocycles. The summed E-state index contributed by atoms with van der Waals surface area (Å²) in [5.41, 5.74) is 9.81. The van der Waals surface area contributed by atoms with Gasteiger partial charge in [0.1, 0.15) is 11.3 Å². The quantitative estimate of drug-likeness (QED) is 0.200. The summed E-state index contributed by atoms with van der Waals surface area (Å²) in [6.45, 7) is 0. The van der Waals surface area contributed by atoms with Crippen molar-refractivity contribution in [3.05, 3.63) is 176 Å². The zero-order valence-corrected chi connectivity index (χ0v) is 24.1. The van der Waals surface area contributed by atoms with Crippen LogP contribution in [-0.4, -0.2) is 0 Å². The lowest BCUT2D eigenvalue weighted by Crippen LogP contribution is -2.10. The first kappa shape index (κ1) is 25.8. The Kier molecular flexibility index (Phi) is 6.51. The normalized spacial score (nSPS) is 11.2.